The Morgan fingerprint density at radius 1 is 1.33 bits per heavy atom. The van der Waals surface area contributed by atoms with Crippen molar-refractivity contribution in [2.75, 3.05) is 19.8 Å². The number of nitrogens with one attached hydrogen (secondary N) is 1. The van der Waals surface area contributed by atoms with Crippen LogP contribution in [-0.2, 0) is 9.53 Å². The number of ether oxygens (including phenoxy) is 1. The summed E-state index contributed by atoms with van der Waals surface area (Å²) in [4.78, 5) is 23.5. The average molecular weight is 293 g/mol. The average Bonchev–Trinajstić information content (AvgIpc) is 2.48. The molecule has 6 nitrogen and oxygen atoms in total. The van der Waals surface area contributed by atoms with Crippen molar-refractivity contribution in [2.24, 2.45) is 5.41 Å². The van der Waals surface area contributed by atoms with Gasteiger partial charge in [-0.2, -0.15) is 0 Å². The first kappa shape index (κ1) is 15.3. The Kier molecular flexibility index (Phi) is 4.47. The number of phenolic OH excluding ortho intramolecular Hbond substituents is 1. The van der Waals surface area contributed by atoms with Crippen molar-refractivity contribution in [3.63, 3.8) is 0 Å². The predicted octanol–water partition coefficient (Wildman–Crippen LogP) is 1.31. The minimum absolute atomic E-state index is 0.0432. The second-order valence-electron chi connectivity index (χ2n) is 5.38. The van der Waals surface area contributed by atoms with Gasteiger partial charge in [0.05, 0.1) is 5.41 Å². The molecular formula is C15H19NO5. The fraction of sp³-hybridized carbons (Fsp3) is 0.467. The molecule has 0 unspecified atom stereocenters. The number of phenols is 1. The van der Waals surface area contributed by atoms with E-state index in [-0.39, 0.29) is 12.3 Å². The lowest BCUT2D eigenvalue weighted by molar-refractivity contribution is -0.154. The third-order valence-electron chi connectivity index (χ3n) is 3.96. The largest absolute Gasteiger partial charge is 0.508 e. The van der Waals surface area contributed by atoms with E-state index < -0.39 is 17.3 Å². The summed E-state index contributed by atoms with van der Waals surface area (Å²) in [6.07, 6.45) is 0.753. The molecule has 0 spiro atoms. The predicted molar refractivity (Wildman–Crippen MR) is 75.3 cm³/mol. The summed E-state index contributed by atoms with van der Waals surface area (Å²) < 4.78 is 5.19. The van der Waals surface area contributed by atoms with E-state index in [9.17, 15) is 19.8 Å². The number of carboxylic acids is 1. The van der Waals surface area contributed by atoms with Crippen molar-refractivity contribution in [3.05, 3.63) is 29.3 Å². The number of amides is 1. The Balaban J connectivity index is 2.05. The van der Waals surface area contributed by atoms with Gasteiger partial charge >= 0.3 is 5.97 Å². The van der Waals surface area contributed by atoms with Crippen LogP contribution in [0.1, 0.15) is 28.8 Å². The lowest BCUT2D eigenvalue weighted by atomic mass is 9.80. The number of aryl methyl sites for hydroxylation is 1. The van der Waals surface area contributed by atoms with Gasteiger partial charge in [-0.05, 0) is 37.5 Å². The van der Waals surface area contributed by atoms with E-state index in [1.165, 1.54) is 6.07 Å². The molecule has 1 fully saturated rings. The molecule has 0 aromatic heterocycles. The number of rotatable bonds is 4. The number of aliphatic carboxylic acids is 1. The first-order chi connectivity index (χ1) is 9.94. The first-order valence-corrected chi connectivity index (χ1v) is 6.84. The monoisotopic (exact) mass is 293 g/mol. The van der Waals surface area contributed by atoms with Crippen molar-refractivity contribution in [2.45, 2.75) is 19.8 Å². The number of benzene rings is 1. The molecule has 1 saturated heterocycles. The molecule has 114 valence electrons. The van der Waals surface area contributed by atoms with E-state index in [0.717, 1.165) is 0 Å². The van der Waals surface area contributed by atoms with E-state index >= 15 is 0 Å². The maximum atomic E-state index is 12.1. The molecule has 6 heteroatoms. The van der Waals surface area contributed by atoms with Gasteiger partial charge in [-0.15, -0.1) is 0 Å². The van der Waals surface area contributed by atoms with E-state index in [1.807, 2.05) is 0 Å². The summed E-state index contributed by atoms with van der Waals surface area (Å²) in [6.45, 7) is 2.55. The van der Waals surface area contributed by atoms with E-state index in [1.54, 1.807) is 19.1 Å². The number of hydrogen-bond donors (Lipinski definition) is 3. The van der Waals surface area contributed by atoms with Crippen LogP contribution < -0.4 is 5.32 Å². The van der Waals surface area contributed by atoms with Crippen LogP contribution in [0, 0.1) is 12.3 Å². The molecule has 1 aliphatic heterocycles. The van der Waals surface area contributed by atoms with Gasteiger partial charge in [-0.3, -0.25) is 9.59 Å². The van der Waals surface area contributed by atoms with Crippen molar-refractivity contribution in [1.29, 1.82) is 0 Å². The summed E-state index contributed by atoms with van der Waals surface area (Å²) in [5.41, 5.74) is 0.0179. The zero-order chi connectivity index (χ0) is 15.5. The quantitative estimate of drug-likeness (QED) is 0.778. The second kappa shape index (κ2) is 6.13. The maximum absolute atomic E-state index is 12.1. The van der Waals surface area contributed by atoms with E-state index in [4.69, 9.17) is 4.74 Å². The van der Waals surface area contributed by atoms with Gasteiger partial charge in [0.15, 0.2) is 0 Å². The van der Waals surface area contributed by atoms with Gasteiger partial charge in [0.25, 0.3) is 5.91 Å². The zero-order valence-electron chi connectivity index (χ0n) is 11.9. The minimum atomic E-state index is -0.972. The van der Waals surface area contributed by atoms with Gasteiger partial charge in [-0.25, -0.2) is 0 Å². The number of hydrogen-bond acceptors (Lipinski definition) is 4. The molecule has 0 saturated carbocycles. The van der Waals surface area contributed by atoms with Gasteiger partial charge in [-0.1, -0.05) is 6.07 Å². The number of carboxylic acid groups (broad SMARTS) is 1. The molecular weight excluding hydrogens is 274 g/mol. The number of carbonyl (C=O) groups is 2. The van der Waals surface area contributed by atoms with Crippen LogP contribution in [0.5, 0.6) is 5.75 Å². The maximum Gasteiger partial charge on any atom is 0.311 e. The van der Waals surface area contributed by atoms with Crippen LogP contribution in [-0.4, -0.2) is 41.8 Å². The molecule has 3 N–H and O–H groups in total. The molecule has 1 aliphatic rings. The topological polar surface area (TPSA) is 95.9 Å². The molecule has 1 aromatic carbocycles. The summed E-state index contributed by atoms with van der Waals surface area (Å²) >= 11 is 0. The summed E-state index contributed by atoms with van der Waals surface area (Å²) in [7, 11) is 0. The Hall–Kier alpha value is -2.08. The summed E-state index contributed by atoms with van der Waals surface area (Å²) in [6, 6.07) is 4.62. The number of aromatic hydroxyl groups is 1. The third-order valence-corrected chi connectivity index (χ3v) is 3.96. The van der Waals surface area contributed by atoms with E-state index in [2.05, 4.69) is 5.32 Å². The molecule has 2 rings (SSSR count). The number of carbonyl (C=O) groups excluding carboxylic acids is 1. The van der Waals surface area contributed by atoms with Crippen LogP contribution in [0.2, 0.25) is 0 Å². The Morgan fingerprint density at radius 2 is 2.00 bits per heavy atom. The van der Waals surface area contributed by atoms with Crippen LogP contribution >= 0.6 is 0 Å². The first-order valence-electron chi connectivity index (χ1n) is 6.84. The molecule has 21 heavy (non-hydrogen) atoms. The summed E-state index contributed by atoms with van der Waals surface area (Å²) in [5, 5.41) is 21.7. The molecule has 1 heterocycles. The molecule has 0 radical (unpaired) electrons. The normalized spacial score (nSPS) is 17.2. The molecule has 1 aromatic rings. The highest BCUT2D eigenvalue weighted by Gasteiger charge is 2.40. The van der Waals surface area contributed by atoms with Crippen molar-refractivity contribution < 1.29 is 24.5 Å². The second-order valence-corrected chi connectivity index (χ2v) is 5.38. The highest BCUT2D eigenvalue weighted by Crippen LogP contribution is 2.30. The SMILES string of the molecule is Cc1ccc(C(=O)NCC2(C(=O)O)CCOCC2)cc1O. The third kappa shape index (κ3) is 3.33. The van der Waals surface area contributed by atoms with Crippen LogP contribution in [0.4, 0.5) is 0 Å². The van der Waals surface area contributed by atoms with E-state index in [0.29, 0.717) is 37.2 Å². The minimum Gasteiger partial charge on any atom is -0.508 e. The van der Waals surface area contributed by atoms with Crippen molar-refractivity contribution >= 4 is 11.9 Å². The van der Waals surface area contributed by atoms with Gasteiger partial charge in [0, 0.05) is 25.3 Å². The molecule has 0 aliphatic carbocycles. The lowest BCUT2D eigenvalue weighted by Crippen LogP contribution is -2.46. The standard InChI is InChI=1S/C15H19NO5/c1-10-2-3-11(8-12(10)17)13(18)16-9-15(14(19)20)4-6-21-7-5-15/h2-3,8,17H,4-7,9H2,1H3,(H,16,18)(H,19,20). The fourth-order valence-corrected chi connectivity index (χ4v) is 2.33. The van der Waals surface area contributed by atoms with Crippen LogP contribution in [0.3, 0.4) is 0 Å². The highest BCUT2D eigenvalue weighted by atomic mass is 16.5. The van der Waals surface area contributed by atoms with Gasteiger partial charge in [0.1, 0.15) is 5.75 Å². The Morgan fingerprint density at radius 3 is 2.57 bits per heavy atom. The molecule has 0 bridgehead atoms. The van der Waals surface area contributed by atoms with Crippen molar-refractivity contribution in [3.8, 4) is 5.75 Å². The van der Waals surface area contributed by atoms with Crippen LogP contribution in [0.15, 0.2) is 18.2 Å². The summed E-state index contributed by atoms with van der Waals surface area (Å²) in [5.74, 6) is -1.27. The van der Waals surface area contributed by atoms with Gasteiger partial charge in [0.2, 0.25) is 0 Å². The highest BCUT2D eigenvalue weighted by molar-refractivity contribution is 5.95. The molecule has 1 amide bonds. The lowest BCUT2D eigenvalue weighted by Gasteiger charge is -2.33. The zero-order valence-corrected chi connectivity index (χ0v) is 11.9. The molecule has 0 atom stereocenters. The van der Waals surface area contributed by atoms with Gasteiger partial charge < -0.3 is 20.3 Å². The Labute approximate surface area is 122 Å². The Bertz CT molecular complexity index is 549. The van der Waals surface area contributed by atoms with Crippen LogP contribution in [0.25, 0.3) is 0 Å². The fourth-order valence-electron chi connectivity index (χ4n) is 2.33. The van der Waals surface area contributed by atoms with Crippen molar-refractivity contribution in [1.82, 2.24) is 5.32 Å². The smallest absolute Gasteiger partial charge is 0.311 e.